The number of para-hydroxylation sites is 1. The second-order valence-electron chi connectivity index (χ2n) is 6.05. The molecule has 0 saturated heterocycles. The zero-order valence-electron chi connectivity index (χ0n) is 15.5. The molecule has 0 aliphatic heterocycles. The molecule has 0 fully saturated rings. The number of benzene rings is 2. The first-order valence-corrected chi connectivity index (χ1v) is 8.84. The molecule has 0 atom stereocenters. The van der Waals surface area contributed by atoms with E-state index in [0.29, 0.717) is 23.8 Å². The number of aromatic nitrogens is 2. The summed E-state index contributed by atoms with van der Waals surface area (Å²) in [4.78, 5) is 26.8. The van der Waals surface area contributed by atoms with Crippen molar-refractivity contribution in [2.75, 3.05) is 18.5 Å². The van der Waals surface area contributed by atoms with Crippen molar-refractivity contribution < 1.29 is 19.1 Å². The second kappa shape index (κ2) is 9.36. The molecule has 0 bridgehead atoms. The van der Waals surface area contributed by atoms with Crippen molar-refractivity contribution >= 4 is 18.1 Å². The summed E-state index contributed by atoms with van der Waals surface area (Å²) in [6, 6.07) is 14.8. The molecule has 28 heavy (non-hydrogen) atoms. The summed E-state index contributed by atoms with van der Waals surface area (Å²) in [5.74, 6) is 1.08. The molecule has 144 valence electrons. The van der Waals surface area contributed by atoms with E-state index in [0.717, 1.165) is 17.4 Å². The highest BCUT2D eigenvalue weighted by molar-refractivity contribution is 5.84. The lowest BCUT2D eigenvalue weighted by Crippen LogP contribution is -2.17. The van der Waals surface area contributed by atoms with Gasteiger partial charge in [-0.1, -0.05) is 30.3 Å². The van der Waals surface area contributed by atoms with Crippen LogP contribution in [0.25, 0.3) is 0 Å². The first-order valence-electron chi connectivity index (χ1n) is 8.84. The normalized spacial score (nSPS) is 10.3. The summed E-state index contributed by atoms with van der Waals surface area (Å²) in [5.41, 5.74) is 2.65. The first kappa shape index (κ1) is 19.2. The van der Waals surface area contributed by atoms with Gasteiger partial charge >= 0.3 is 6.09 Å². The molecule has 3 rings (SSSR count). The van der Waals surface area contributed by atoms with Crippen LogP contribution in [0.4, 0.5) is 10.5 Å². The molecule has 7 heteroatoms. The maximum Gasteiger partial charge on any atom is 0.411 e. The lowest BCUT2D eigenvalue weighted by Gasteiger charge is -2.14. The molecule has 0 aliphatic carbocycles. The molecule has 0 unspecified atom stereocenters. The lowest BCUT2D eigenvalue weighted by molar-refractivity contribution is 0.111. The van der Waals surface area contributed by atoms with Crippen molar-refractivity contribution in [3.05, 3.63) is 77.9 Å². The molecule has 7 nitrogen and oxygen atoms in total. The van der Waals surface area contributed by atoms with Gasteiger partial charge in [0.2, 0.25) is 0 Å². The van der Waals surface area contributed by atoms with Gasteiger partial charge in [0.05, 0.1) is 0 Å². The number of hydrogen-bond acceptors (Lipinski definition) is 5. The van der Waals surface area contributed by atoms with Crippen LogP contribution in [0.15, 0.2) is 60.9 Å². The molecule has 3 aromatic rings. The first-order chi connectivity index (χ1) is 13.7. The number of amides is 1. The van der Waals surface area contributed by atoms with Crippen molar-refractivity contribution in [2.24, 2.45) is 0 Å². The van der Waals surface area contributed by atoms with Gasteiger partial charge in [-0.3, -0.25) is 10.1 Å². The number of nitrogens with zero attached hydrogens (tertiary/aromatic N) is 2. The summed E-state index contributed by atoms with van der Waals surface area (Å²) in [6.07, 6.45) is 3.56. The van der Waals surface area contributed by atoms with E-state index < -0.39 is 6.09 Å². The van der Waals surface area contributed by atoms with Crippen molar-refractivity contribution in [1.82, 2.24) is 9.55 Å². The Bertz CT molecular complexity index is 938. The van der Waals surface area contributed by atoms with Crippen LogP contribution in [-0.4, -0.2) is 35.1 Å². The fourth-order valence-corrected chi connectivity index (χ4v) is 2.71. The van der Waals surface area contributed by atoms with E-state index >= 15 is 0 Å². The number of carbonyl (C=O) groups excluding carboxylic acids is 2. The maximum absolute atomic E-state index is 11.8. The molecule has 1 heterocycles. The Morgan fingerprint density at radius 2 is 1.96 bits per heavy atom. The summed E-state index contributed by atoms with van der Waals surface area (Å²) in [6.45, 7) is 2.83. The zero-order chi connectivity index (χ0) is 19.8. The summed E-state index contributed by atoms with van der Waals surface area (Å²) in [5, 5.41) is 2.64. The molecular weight excluding hydrogens is 358 g/mol. The molecule has 0 aliphatic rings. The minimum absolute atomic E-state index is 0.124. The van der Waals surface area contributed by atoms with E-state index in [-0.39, 0.29) is 13.2 Å². The van der Waals surface area contributed by atoms with Crippen molar-refractivity contribution in [3.8, 4) is 5.75 Å². The van der Waals surface area contributed by atoms with Crippen LogP contribution in [0.1, 0.15) is 21.7 Å². The van der Waals surface area contributed by atoms with Gasteiger partial charge in [0, 0.05) is 24.6 Å². The number of imidazole rings is 1. The Kier molecular flexibility index (Phi) is 6.41. The Morgan fingerprint density at radius 1 is 1.14 bits per heavy atom. The fourth-order valence-electron chi connectivity index (χ4n) is 2.71. The summed E-state index contributed by atoms with van der Waals surface area (Å²) < 4.78 is 12.7. The number of anilines is 1. The van der Waals surface area contributed by atoms with Crippen LogP contribution in [0, 0.1) is 6.92 Å². The van der Waals surface area contributed by atoms with Gasteiger partial charge in [0.1, 0.15) is 19.0 Å². The van der Waals surface area contributed by atoms with Crippen LogP contribution in [0.3, 0.4) is 0 Å². The van der Waals surface area contributed by atoms with Crippen molar-refractivity contribution in [2.45, 2.75) is 13.5 Å². The molecule has 0 spiro atoms. The predicted octanol–water partition coefficient (Wildman–Crippen LogP) is 3.68. The van der Waals surface area contributed by atoms with Gasteiger partial charge < -0.3 is 14.0 Å². The average Bonchev–Trinajstić information content (AvgIpc) is 3.16. The van der Waals surface area contributed by atoms with E-state index in [1.165, 1.54) is 0 Å². The quantitative estimate of drug-likeness (QED) is 0.477. The van der Waals surface area contributed by atoms with Crippen LogP contribution in [-0.2, 0) is 11.3 Å². The largest absolute Gasteiger partial charge is 0.490 e. The third-order valence-electron chi connectivity index (χ3n) is 4.18. The highest BCUT2D eigenvalue weighted by Crippen LogP contribution is 2.22. The van der Waals surface area contributed by atoms with Crippen molar-refractivity contribution in [1.29, 1.82) is 0 Å². The third kappa shape index (κ3) is 4.97. The third-order valence-corrected chi connectivity index (χ3v) is 4.18. The van der Waals surface area contributed by atoms with Gasteiger partial charge in [-0.05, 0) is 36.2 Å². The maximum atomic E-state index is 11.8. The van der Waals surface area contributed by atoms with Crippen LogP contribution < -0.4 is 10.1 Å². The number of nitrogens with one attached hydrogen (secondary N) is 1. The summed E-state index contributed by atoms with van der Waals surface area (Å²) >= 11 is 0. The molecule has 0 radical (unpaired) electrons. The minimum atomic E-state index is -0.526. The van der Waals surface area contributed by atoms with Gasteiger partial charge in [-0.2, -0.15) is 0 Å². The molecular formula is C21H21N3O4. The Morgan fingerprint density at radius 3 is 2.75 bits per heavy atom. The molecule has 2 aromatic carbocycles. The highest BCUT2D eigenvalue weighted by atomic mass is 16.6. The second-order valence-corrected chi connectivity index (χ2v) is 6.05. The molecule has 1 aromatic heterocycles. The molecule has 1 N–H and O–H groups in total. The van der Waals surface area contributed by atoms with E-state index in [1.807, 2.05) is 43.3 Å². The van der Waals surface area contributed by atoms with Crippen LogP contribution in [0.5, 0.6) is 5.75 Å². The predicted molar refractivity (Wildman–Crippen MR) is 105 cm³/mol. The van der Waals surface area contributed by atoms with Crippen molar-refractivity contribution in [3.63, 3.8) is 0 Å². The van der Waals surface area contributed by atoms with Crippen LogP contribution >= 0.6 is 0 Å². The number of rotatable bonds is 8. The topological polar surface area (TPSA) is 82.5 Å². The highest BCUT2D eigenvalue weighted by Gasteiger charge is 2.09. The van der Waals surface area contributed by atoms with Gasteiger partial charge in [-0.15, -0.1) is 0 Å². The zero-order valence-corrected chi connectivity index (χ0v) is 15.5. The Hall–Kier alpha value is -3.61. The van der Waals surface area contributed by atoms with Gasteiger partial charge in [0.15, 0.2) is 12.1 Å². The number of aldehydes is 1. The van der Waals surface area contributed by atoms with E-state index in [9.17, 15) is 9.59 Å². The monoisotopic (exact) mass is 379 g/mol. The van der Waals surface area contributed by atoms with E-state index in [2.05, 4.69) is 10.3 Å². The Balaban J connectivity index is 1.51. The SMILES string of the molecule is Cc1c(Cn2ccnc2C=O)cccc1OCCOC(=O)Nc1ccccc1. The fraction of sp³-hybridized carbons (Fsp3) is 0.190. The number of ether oxygens (including phenoxy) is 2. The van der Waals surface area contributed by atoms with Gasteiger partial charge in [-0.25, -0.2) is 9.78 Å². The van der Waals surface area contributed by atoms with E-state index in [1.54, 1.807) is 29.1 Å². The smallest absolute Gasteiger partial charge is 0.411 e. The van der Waals surface area contributed by atoms with E-state index in [4.69, 9.17) is 9.47 Å². The molecule has 1 amide bonds. The minimum Gasteiger partial charge on any atom is -0.490 e. The average molecular weight is 379 g/mol. The molecule has 0 saturated carbocycles. The standard InChI is InChI=1S/C21H21N3O4/c1-16-17(14-24-11-10-22-20(24)15-25)6-5-9-19(16)27-12-13-28-21(26)23-18-7-3-2-4-8-18/h2-11,15H,12-14H2,1H3,(H,23,26). The van der Waals surface area contributed by atoms with Crippen LogP contribution in [0.2, 0.25) is 0 Å². The van der Waals surface area contributed by atoms with Gasteiger partial charge in [0.25, 0.3) is 0 Å². The number of hydrogen-bond donors (Lipinski definition) is 1. The number of carbonyl (C=O) groups is 2. The lowest BCUT2D eigenvalue weighted by atomic mass is 10.1. The summed E-state index contributed by atoms with van der Waals surface area (Å²) in [7, 11) is 0. The Labute approximate surface area is 162 Å².